The van der Waals surface area contributed by atoms with Gasteiger partial charge in [-0.2, -0.15) is 0 Å². The first-order valence-electron chi connectivity index (χ1n) is 7.90. The summed E-state index contributed by atoms with van der Waals surface area (Å²) in [7, 11) is 0. The second-order valence-electron chi connectivity index (χ2n) is 6.87. The van der Waals surface area contributed by atoms with Gasteiger partial charge in [-0.3, -0.25) is 9.80 Å². The number of hydrogen-bond acceptors (Lipinski definition) is 2. The van der Waals surface area contributed by atoms with Crippen LogP contribution >= 0.6 is 0 Å². The molecule has 0 spiro atoms. The SMILES string of the molecule is C1CCN2C[C@@H]3CC(CN4CCCC[C@@H]34)C2C1. The maximum Gasteiger partial charge on any atom is 0.0136 e. The molecule has 2 bridgehead atoms. The average molecular weight is 234 g/mol. The van der Waals surface area contributed by atoms with Crippen LogP contribution in [0.5, 0.6) is 0 Å². The Morgan fingerprint density at radius 3 is 1.71 bits per heavy atom. The summed E-state index contributed by atoms with van der Waals surface area (Å²) in [4.78, 5) is 5.74. The minimum Gasteiger partial charge on any atom is -0.300 e. The zero-order chi connectivity index (χ0) is 11.2. The molecule has 0 aromatic rings. The summed E-state index contributed by atoms with van der Waals surface area (Å²) >= 11 is 0. The van der Waals surface area contributed by atoms with Crippen molar-refractivity contribution in [2.75, 3.05) is 26.2 Å². The van der Waals surface area contributed by atoms with E-state index in [1.54, 1.807) is 6.42 Å². The van der Waals surface area contributed by atoms with E-state index in [0.717, 1.165) is 23.9 Å². The van der Waals surface area contributed by atoms with Gasteiger partial charge in [0.05, 0.1) is 0 Å². The van der Waals surface area contributed by atoms with E-state index in [1.807, 2.05) is 0 Å². The highest BCUT2D eigenvalue weighted by Crippen LogP contribution is 2.42. The van der Waals surface area contributed by atoms with E-state index in [9.17, 15) is 0 Å². The van der Waals surface area contributed by atoms with Gasteiger partial charge in [0.25, 0.3) is 0 Å². The van der Waals surface area contributed by atoms with E-state index in [2.05, 4.69) is 9.80 Å². The van der Waals surface area contributed by atoms with E-state index in [-0.39, 0.29) is 0 Å². The number of hydrogen-bond donors (Lipinski definition) is 0. The fourth-order valence-corrected chi connectivity index (χ4v) is 5.25. The highest BCUT2D eigenvalue weighted by molar-refractivity contribution is 5.00. The molecular weight excluding hydrogens is 208 g/mol. The van der Waals surface area contributed by atoms with E-state index in [4.69, 9.17) is 0 Å². The van der Waals surface area contributed by atoms with Gasteiger partial charge in [-0.1, -0.05) is 12.8 Å². The molecule has 4 saturated heterocycles. The second-order valence-corrected chi connectivity index (χ2v) is 6.87. The summed E-state index contributed by atoms with van der Waals surface area (Å²) in [5.41, 5.74) is 0. The molecule has 2 nitrogen and oxygen atoms in total. The number of piperidine rings is 4. The molecule has 0 N–H and O–H groups in total. The Kier molecular flexibility index (Phi) is 2.69. The van der Waals surface area contributed by atoms with Gasteiger partial charge in [-0.15, -0.1) is 0 Å². The molecule has 4 heterocycles. The predicted octanol–water partition coefficient (Wildman–Crippen LogP) is 2.35. The molecule has 17 heavy (non-hydrogen) atoms. The Labute approximate surface area is 105 Å². The van der Waals surface area contributed by atoms with Gasteiger partial charge in [-0.25, -0.2) is 0 Å². The van der Waals surface area contributed by atoms with Crippen molar-refractivity contribution >= 4 is 0 Å². The lowest BCUT2D eigenvalue weighted by atomic mass is 9.71. The lowest BCUT2D eigenvalue weighted by molar-refractivity contribution is -0.0718. The van der Waals surface area contributed by atoms with Gasteiger partial charge in [0, 0.05) is 25.2 Å². The first kappa shape index (κ1) is 10.8. The first-order valence-corrected chi connectivity index (χ1v) is 7.90. The fraction of sp³-hybridized carbons (Fsp3) is 1.00. The number of rotatable bonds is 0. The smallest absolute Gasteiger partial charge is 0.0136 e. The highest BCUT2D eigenvalue weighted by atomic mass is 15.3. The summed E-state index contributed by atoms with van der Waals surface area (Å²) in [6.07, 6.45) is 10.5. The van der Waals surface area contributed by atoms with Gasteiger partial charge < -0.3 is 0 Å². The molecule has 0 amide bonds. The first-order chi connectivity index (χ1) is 8.42. The van der Waals surface area contributed by atoms with Gasteiger partial charge in [0.15, 0.2) is 0 Å². The van der Waals surface area contributed by atoms with Crippen molar-refractivity contribution in [1.29, 1.82) is 0 Å². The van der Waals surface area contributed by atoms with Crippen LogP contribution in [0.25, 0.3) is 0 Å². The molecule has 0 aliphatic carbocycles. The summed E-state index contributed by atoms with van der Waals surface area (Å²) < 4.78 is 0. The molecule has 0 saturated carbocycles. The highest BCUT2D eigenvalue weighted by Gasteiger charge is 2.46. The third kappa shape index (κ3) is 1.76. The average Bonchev–Trinajstić information content (AvgIpc) is 2.39. The Morgan fingerprint density at radius 1 is 0.647 bits per heavy atom. The fourth-order valence-electron chi connectivity index (χ4n) is 5.25. The van der Waals surface area contributed by atoms with Crippen LogP contribution in [0.4, 0.5) is 0 Å². The minimum absolute atomic E-state index is 0.961. The van der Waals surface area contributed by atoms with Gasteiger partial charge in [0.1, 0.15) is 0 Å². The molecule has 0 aromatic heterocycles. The lowest BCUT2D eigenvalue weighted by Gasteiger charge is -2.57. The molecule has 96 valence electrons. The van der Waals surface area contributed by atoms with Crippen LogP contribution in [-0.2, 0) is 0 Å². The maximum absolute atomic E-state index is 2.87. The summed E-state index contributed by atoms with van der Waals surface area (Å²) in [6.45, 7) is 5.68. The largest absolute Gasteiger partial charge is 0.300 e. The standard InChI is InChI=1S/C15H26N2/c1-3-7-16-11-13-9-12(14(16)5-1)10-17-8-4-2-6-15(13)17/h12-15H,1-11H2/t12-,13?,14-,15?/m0/s1. The molecule has 4 fully saturated rings. The molecule has 2 heteroatoms. The van der Waals surface area contributed by atoms with Crippen molar-refractivity contribution in [3.63, 3.8) is 0 Å². The van der Waals surface area contributed by atoms with Crippen molar-refractivity contribution in [2.24, 2.45) is 11.8 Å². The van der Waals surface area contributed by atoms with Crippen LogP contribution in [0.1, 0.15) is 44.9 Å². The topological polar surface area (TPSA) is 6.48 Å². The van der Waals surface area contributed by atoms with E-state index >= 15 is 0 Å². The van der Waals surface area contributed by atoms with Crippen molar-refractivity contribution in [1.82, 2.24) is 9.80 Å². The molecular formula is C15H26N2. The van der Waals surface area contributed by atoms with Gasteiger partial charge in [-0.05, 0) is 57.0 Å². The van der Waals surface area contributed by atoms with Crippen LogP contribution in [0, 0.1) is 11.8 Å². The van der Waals surface area contributed by atoms with Crippen molar-refractivity contribution in [3.8, 4) is 0 Å². The molecule has 4 rings (SSSR count). The summed E-state index contributed by atoms with van der Waals surface area (Å²) in [5.74, 6) is 2.03. The minimum atomic E-state index is 0.961. The molecule has 4 aliphatic heterocycles. The van der Waals surface area contributed by atoms with Gasteiger partial charge >= 0.3 is 0 Å². The zero-order valence-corrected chi connectivity index (χ0v) is 11.0. The zero-order valence-electron chi connectivity index (χ0n) is 11.0. The molecule has 0 aromatic carbocycles. The predicted molar refractivity (Wildman–Crippen MR) is 70.0 cm³/mol. The van der Waals surface area contributed by atoms with Crippen LogP contribution in [0.2, 0.25) is 0 Å². The monoisotopic (exact) mass is 234 g/mol. The molecule has 4 atom stereocenters. The van der Waals surface area contributed by atoms with E-state index in [0.29, 0.717) is 0 Å². The van der Waals surface area contributed by atoms with Crippen LogP contribution in [0.15, 0.2) is 0 Å². The van der Waals surface area contributed by atoms with E-state index in [1.165, 1.54) is 64.7 Å². The normalized spacial score (nSPS) is 47.3. The summed E-state index contributed by atoms with van der Waals surface area (Å²) in [6, 6.07) is 1.92. The maximum atomic E-state index is 2.87. The Morgan fingerprint density at radius 2 is 1.18 bits per heavy atom. The van der Waals surface area contributed by atoms with E-state index < -0.39 is 0 Å². The third-order valence-electron chi connectivity index (χ3n) is 5.96. The Balaban J connectivity index is 1.56. The Hall–Kier alpha value is -0.0800. The van der Waals surface area contributed by atoms with Crippen molar-refractivity contribution in [2.45, 2.75) is 57.0 Å². The van der Waals surface area contributed by atoms with Crippen LogP contribution < -0.4 is 0 Å². The Bertz CT molecular complexity index is 263. The number of fused-ring (bicyclic) bond motifs is 6. The quantitative estimate of drug-likeness (QED) is 0.635. The van der Waals surface area contributed by atoms with Crippen molar-refractivity contribution < 1.29 is 0 Å². The molecule has 2 unspecified atom stereocenters. The van der Waals surface area contributed by atoms with Crippen LogP contribution in [0.3, 0.4) is 0 Å². The van der Waals surface area contributed by atoms with Crippen LogP contribution in [-0.4, -0.2) is 48.1 Å². The second kappa shape index (κ2) is 4.24. The third-order valence-corrected chi connectivity index (χ3v) is 5.96. The number of nitrogens with zero attached hydrogens (tertiary/aromatic N) is 2. The lowest BCUT2D eigenvalue weighted by Crippen LogP contribution is -2.63. The molecule has 4 aliphatic rings. The van der Waals surface area contributed by atoms with Crippen molar-refractivity contribution in [3.05, 3.63) is 0 Å². The van der Waals surface area contributed by atoms with Gasteiger partial charge in [0.2, 0.25) is 0 Å². The molecule has 0 radical (unpaired) electrons. The summed E-state index contributed by atoms with van der Waals surface area (Å²) in [5, 5.41) is 0.